The van der Waals surface area contributed by atoms with Crippen LogP contribution in [0.5, 0.6) is 0 Å². The normalized spacial score (nSPS) is 10.5. The molecule has 17 heavy (non-hydrogen) atoms. The summed E-state index contributed by atoms with van der Waals surface area (Å²) in [6.07, 6.45) is 0.287. The van der Waals surface area contributed by atoms with E-state index in [-0.39, 0.29) is 12.2 Å². The smallest absolute Gasteiger partial charge is 0.178 e. The van der Waals surface area contributed by atoms with Gasteiger partial charge >= 0.3 is 0 Å². The van der Waals surface area contributed by atoms with Crippen LogP contribution in [0.15, 0.2) is 34.1 Å². The van der Waals surface area contributed by atoms with Crippen molar-refractivity contribution < 1.29 is 4.79 Å². The molecule has 0 saturated heterocycles. The quantitative estimate of drug-likeness (QED) is 0.692. The maximum Gasteiger partial charge on any atom is 0.178 e. The van der Waals surface area contributed by atoms with Crippen molar-refractivity contribution in [3.63, 3.8) is 0 Å². The summed E-state index contributed by atoms with van der Waals surface area (Å²) in [5, 5.41) is 2.97. The van der Waals surface area contributed by atoms with Gasteiger partial charge in [0.2, 0.25) is 0 Å². The first-order valence-electron chi connectivity index (χ1n) is 4.78. The molecule has 0 fully saturated rings. The predicted molar refractivity (Wildman–Crippen MR) is 76.5 cm³/mol. The fourth-order valence-corrected chi connectivity index (χ4v) is 3.42. The van der Waals surface area contributed by atoms with Crippen LogP contribution in [0.2, 0.25) is 10.0 Å². The summed E-state index contributed by atoms with van der Waals surface area (Å²) in [5.74, 6) is 0.0519. The molecule has 0 aliphatic rings. The minimum absolute atomic E-state index is 0.0519. The van der Waals surface area contributed by atoms with Gasteiger partial charge in [-0.25, -0.2) is 0 Å². The van der Waals surface area contributed by atoms with E-state index < -0.39 is 0 Å². The highest BCUT2D eigenvalue weighted by atomic mass is 79.9. The fraction of sp³-hybridized carbons (Fsp3) is 0.0833. The Balaban J connectivity index is 2.22. The molecule has 1 nitrogen and oxygen atoms in total. The van der Waals surface area contributed by atoms with Crippen LogP contribution in [0.3, 0.4) is 0 Å². The molecule has 0 N–H and O–H groups in total. The van der Waals surface area contributed by atoms with Crippen LogP contribution < -0.4 is 0 Å². The molecule has 1 aromatic heterocycles. The van der Waals surface area contributed by atoms with Crippen molar-refractivity contribution in [1.29, 1.82) is 0 Å². The third-order valence-electron chi connectivity index (χ3n) is 2.24. The van der Waals surface area contributed by atoms with Crippen molar-refractivity contribution in [3.05, 3.63) is 54.6 Å². The van der Waals surface area contributed by atoms with E-state index in [0.717, 1.165) is 14.9 Å². The van der Waals surface area contributed by atoms with Gasteiger partial charge in [-0.1, -0.05) is 29.3 Å². The number of carbonyl (C=O) groups excluding carboxylic acids is 1. The first kappa shape index (κ1) is 13.1. The molecule has 88 valence electrons. The topological polar surface area (TPSA) is 17.1 Å². The van der Waals surface area contributed by atoms with Crippen molar-refractivity contribution in [3.8, 4) is 0 Å². The van der Waals surface area contributed by atoms with Gasteiger partial charge in [0.05, 0.1) is 4.88 Å². The van der Waals surface area contributed by atoms with Crippen molar-refractivity contribution >= 4 is 56.3 Å². The van der Waals surface area contributed by atoms with Crippen LogP contribution >= 0.6 is 50.5 Å². The van der Waals surface area contributed by atoms with Crippen LogP contribution in [0.1, 0.15) is 15.2 Å². The molecule has 2 aromatic rings. The first-order chi connectivity index (χ1) is 8.08. The van der Waals surface area contributed by atoms with Gasteiger partial charge in [-0.2, -0.15) is 0 Å². The van der Waals surface area contributed by atoms with Gasteiger partial charge in [0.15, 0.2) is 5.78 Å². The monoisotopic (exact) mass is 348 g/mol. The summed E-state index contributed by atoms with van der Waals surface area (Å²) >= 11 is 16.6. The molecule has 1 heterocycles. The highest BCUT2D eigenvalue weighted by Crippen LogP contribution is 2.27. The van der Waals surface area contributed by atoms with E-state index in [4.69, 9.17) is 23.2 Å². The summed E-state index contributed by atoms with van der Waals surface area (Å²) in [5.41, 5.74) is 0.793. The Morgan fingerprint density at radius 2 is 2.06 bits per heavy atom. The Hall–Kier alpha value is -0.350. The summed E-state index contributed by atoms with van der Waals surface area (Å²) in [4.78, 5) is 12.7. The molecule has 0 spiro atoms. The molecule has 0 aliphatic heterocycles. The number of thiophene rings is 1. The van der Waals surface area contributed by atoms with Crippen molar-refractivity contribution in [1.82, 2.24) is 0 Å². The van der Waals surface area contributed by atoms with E-state index in [0.29, 0.717) is 10.0 Å². The van der Waals surface area contributed by atoms with E-state index in [1.807, 2.05) is 11.4 Å². The Morgan fingerprint density at radius 3 is 2.65 bits per heavy atom. The molecular formula is C12H7BrCl2OS. The Bertz CT molecular complexity index is 565. The van der Waals surface area contributed by atoms with Crippen LogP contribution in [0.4, 0.5) is 0 Å². The van der Waals surface area contributed by atoms with Gasteiger partial charge in [-0.05, 0) is 45.1 Å². The molecule has 0 aliphatic carbocycles. The molecule has 1 aromatic carbocycles. The number of benzene rings is 1. The first-order valence-corrected chi connectivity index (χ1v) is 7.21. The summed E-state index contributed by atoms with van der Waals surface area (Å²) < 4.78 is 0.831. The average Bonchev–Trinajstić information content (AvgIpc) is 2.68. The van der Waals surface area contributed by atoms with Gasteiger partial charge in [0.25, 0.3) is 0 Å². The molecular weight excluding hydrogens is 343 g/mol. The SMILES string of the molecule is O=C(Cc1ccc(Cl)cc1Cl)c1sccc1Br. The number of hydrogen-bond donors (Lipinski definition) is 0. The number of ketones is 1. The fourth-order valence-electron chi connectivity index (χ4n) is 1.41. The zero-order valence-electron chi connectivity index (χ0n) is 8.54. The zero-order valence-corrected chi connectivity index (χ0v) is 12.5. The number of hydrogen-bond acceptors (Lipinski definition) is 2. The molecule has 0 atom stereocenters. The minimum atomic E-state index is 0.0519. The largest absolute Gasteiger partial charge is 0.293 e. The molecule has 5 heteroatoms. The third-order valence-corrected chi connectivity index (χ3v) is 4.70. The molecule has 0 unspecified atom stereocenters. The third kappa shape index (κ3) is 3.10. The van der Waals surface area contributed by atoms with Gasteiger partial charge in [-0.15, -0.1) is 11.3 Å². The summed E-state index contributed by atoms with van der Waals surface area (Å²) in [6, 6.07) is 7.03. The second-order valence-electron chi connectivity index (χ2n) is 3.43. The Labute approximate surface area is 121 Å². The van der Waals surface area contributed by atoms with E-state index in [2.05, 4.69) is 15.9 Å². The second-order valence-corrected chi connectivity index (χ2v) is 6.05. The second kappa shape index (κ2) is 5.53. The Morgan fingerprint density at radius 1 is 1.29 bits per heavy atom. The lowest BCUT2D eigenvalue weighted by Crippen LogP contribution is -2.02. The lowest BCUT2D eigenvalue weighted by atomic mass is 10.1. The number of Topliss-reactive ketones (excluding diaryl/α,β-unsaturated/α-hetero) is 1. The number of halogens is 3. The van der Waals surface area contributed by atoms with E-state index >= 15 is 0 Å². The summed E-state index contributed by atoms with van der Waals surface area (Å²) in [6.45, 7) is 0. The average molecular weight is 350 g/mol. The zero-order chi connectivity index (χ0) is 12.4. The maximum absolute atomic E-state index is 12.0. The van der Waals surface area contributed by atoms with E-state index in [1.165, 1.54) is 11.3 Å². The lowest BCUT2D eigenvalue weighted by molar-refractivity contribution is 0.0996. The van der Waals surface area contributed by atoms with Crippen LogP contribution in [0.25, 0.3) is 0 Å². The van der Waals surface area contributed by atoms with Crippen LogP contribution in [0, 0.1) is 0 Å². The van der Waals surface area contributed by atoms with Gasteiger partial charge in [0, 0.05) is 20.9 Å². The van der Waals surface area contributed by atoms with E-state index in [9.17, 15) is 4.79 Å². The molecule has 2 rings (SSSR count). The number of carbonyl (C=O) groups is 1. The van der Waals surface area contributed by atoms with Crippen LogP contribution in [-0.4, -0.2) is 5.78 Å². The van der Waals surface area contributed by atoms with Gasteiger partial charge in [-0.3, -0.25) is 4.79 Å². The number of rotatable bonds is 3. The van der Waals surface area contributed by atoms with Gasteiger partial charge < -0.3 is 0 Å². The van der Waals surface area contributed by atoms with Crippen LogP contribution in [-0.2, 0) is 6.42 Å². The highest BCUT2D eigenvalue weighted by molar-refractivity contribution is 9.10. The van der Waals surface area contributed by atoms with Crippen molar-refractivity contribution in [2.24, 2.45) is 0 Å². The maximum atomic E-state index is 12.0. The molecule has 0 amide bonds. The molecule has 0 radical (unpaired) electrons. The van der Waals surface area contributed by atoms with Crippen molar-refractivity contribution in [2.45, 2.75) is 6.42 Å². The molecule has 0 saturated carbocycles. The van der Waals surface area contributed by atoms with E-state index in [1.54, 1.807) is 18.2 Å². The highest BCUT2D eigenvalue weighted by Gasteiger charge is 2.13. The Kier molecular flexibility index (Phi) is 4.26. The molecule has 0 bridgehead atoms. The summed E-state index contributed by atoms with van der Waals surface area (Å²) in [7, 11) is 0. The van der Waals surface area contributed by atoms with Gasteiger partial charge in [0.1, 0.15) is 0 Å². The standard InChI is InChI=1S/C12H7BrCl2OS/c13-9-3-4-17-12(9)11(16)5-7-1-2-8(14)6-10(7)15/h1-4,6H,5H2. The predicted octanol–water partition coefficient (Wildman–Crippen LogP) is 5.24. The van der Waals surface area contributed by atoms with Crippen molar-refractivity contribution in [2.75, 3.05) is 0 Å². The lowest BCUT2D eigenvalue weighted by Gasteiger charge is -2.03. The minimum Gasteiger partial charge on any atom is -0.293 e.